The lowest BCUT2D eigenvalue weighted by atomic mass is 9.96. The molecule has 3 rings (SSSR count). The molecule has 0 aliphatic carbocycles. The number of carboxylic acids is 1. The first kappa shape index (κ1) is 22.9. The van der Waals surface area contributed by atoms with Crippen LogP contribution in [0.4, 0.5) is 5.69 Å². The van der Waals surface area contributed by atoms with E-state index in [9.17, 15) is 14.4 Å². The predicted molar refractivity (Wildman–Crippen MR) is 113 cm³/mol. The van der Waals surface area contributed by atoms with Crippen LogP contribution in [-0.2, 0) is 9.59 Å². The number of aromatic carboxylic acids is 1. The number of anilines is 1. The number of carbonyl (C=O) groups excluding carboxylic acids is 2. The fraction of sp³-hybridized carbons (Fsp3) is 0.476. The lowest BCUT2D eigenvalue weighted by molar-refractivity contribution is -0.130. The van der Waals surface area contributed by atoms with Gasteiger partial charge in [0, 0.05) is 18.8 Å². The quantitative estimate of drug-likeness (QED) is 0.634. The number of rotatable bonds is 5. The summed E-state index contributed by atoms with van der Waals surface area (Å²) in [5, 5.41) is 15.2. The number of halogens is 1. The second-order valence-corrected chi connectivity index (χ2v) is 7.45. The van der Waals surface area contributed by atoms with Crippen molar-refractivity contribution in [2.75, 3.05) is 31.5 Å². The maximum absolute atomic E-state index is 12.6. The van der Waals surface area contributed by atoms with Crippen LogP contribution in [-0.4, -0.2) is 54.0 Å². The predicted octanol–water partition coefficient (Wildman–Crippen LogP) is 2.54. The molecule has 2 fully saturated rings. The number of piperidine rings is 2. The van der Waals surface area contributed by atoms with E-state index < -0.39 is 5.97 Å². The fourth-order valence-corrected chi connectivity index (χ4v) is 3.73. The molecule has 1 atom stereocenters. The van der Waals surface area contributed by atoms with Gasteiger partial charge in [-0.05, 0) is 69.0 Å². The maximum Gasteiger partial charge on any atom is 0.335 e. The zero-order valence-electron chi connectivity index (χ0n) is 16.3. The van der Waals surface area contributed by atoms with E-state index in [1.54, 1.807) is 23.1 Å². The molecule has 0 saturated carbocycles. The van der Waals surface area contributed by atoms with Crippen LogP contribution in [0.3, 0.4) is 0 Å². The highest BCUT2D eigenvalue weighted by atomic mass is 35.5. The topological polar surface area (TPSA) is 98.7 Å². The van der Waals surface area contributed by atoms with Crippen LogP contribution in [0, 0.1) is 11.8 Å². The van der Waals surface area contributed by atoms with Crippen LogP contribution in [0.1, 0.15) is 36.0 Å². The molecule has 7 nitrogen and oxygen atoms in total. The van der Waals surface area contributed by atoms with Crippen molar-refractivity contribution in [3.63, 3.8) is 0 Å². The number of carboxylic acid groups (broad SMARTS) is 1. The highest BCUT2D eigenvalue weighted by molar-refractivity contribution is 5.95. The summed E-state index contributed by atoms with van der Waals surface area (Å²) in [7, 11) is 0. The SMILES string of the molecule is Cl.O=C(O)c1cccc(NC(=O)[C@@H]2CCCN(C(=O)/C=C/C3CCNCC3)C2)c1. The molecule has 29 heavy (non-hydrogen) atoms. The summed E-state index contributed by atoms with van der Waals surface area (Å²) in [6.45, 7) is 3.02. The standard InChI is InChI=1S/C21H27N3O4.ClH/c25-19(7-6-15-8-10-22-11-9-15)24-12-2-4-17(14-24)20(26)23-18-5-1-3-16(13-18)21(27)28;/h1,3,5-7,13,15,17,22H,2,4,8-12,14H2,(H,23,26)(H,27,28);1H/b7-6+;/t17-;/m1./s1. The van der Waals surface area contributed by atoms with Crippen molar-refractivity contribution in [2.24, 2.45) is 11.8 Å². The van der Waals surface area contributed by atoms with Gasteiger partial charge in [-0.25, -0.2) is 4.79 Å². The minimum Gasteiger partial charge on any atom is -0.478 e. The highest BCUT2D eigenvalue weighted by Gasteiger charge is 2.28. The van der Waals surface area contributed by atoms with E-state index >= 15 is 0 Å². The molecule has 2 heterocycles. The van der Waals surface area contributed by atoms with Gasteiger partial charge in [0.2, 0.25) is 11.8 Å². The van der Waals surface area contributed by atoms with Crippen molar-refractivity contribution < 1.29 is 19.5 Å². The van der Waals surface area contributed by atoms with Crippen molar-refractivity contribution >= 4 is 35.9 Å². The van der Waals surface area contributed by atoms with E-state index in [2.05, 4.69) is 10.6 Å². The van der Waals surface area contributed by atoms with E-state index in [0.717, 1.165) is 32.4 Å². The highest BCUT2D eigenvalue weighted by Crippen LogP contribution is 2.20. The van der Waals surface area contributed by atoms with E-state index in [0.29, 0.717) is 31.1 Å². The van der Waals surface area contributed by atoms with Crippen molar-refractivity contribution in [1.82, 2.24) is 10.2 Å². The summed E-state index contributed by atoms with van der Waals surface area (Å²) in [5.41, 5.74) is 0.584. The zero-order chi connectivity index (χ0) is 19.9. The molecule has 0 bridgehead atoms. The molecule has 8 heteroatoms. The van der Waals surface area contributed by atoms with Gasteiger partial charge in [-0.3, -0.25) is 9.59 Å². The van der Waals surface area contributed by atoms with Gasteiger partial charge in [0.1, 0.15) is 0 Å². The Morgan fingerprint density at radius 3 is 2.66 bits per heavy atom. The lowest BCUT2D eigenvalue weighted by Crippen LogP contribution is -2.43. The minimum absolute atomic E-state index is 0. The van der Waals surface area contributed by atoms with Gasteiger partial charge < -0.3 is 20.6 Å². The third kappa shape index (κ3) is 6.58. The average molecular weight is 422 g/mol. The smallest absolute Gasteiger partial charge is 0.335 e. The molecule has 2 saturated heterocycles. The van der Waals surface area contributed by atoms with E-state index in [4.69, 9.17) is 5.11 Å². The molecule has 2 amide bonds. The number of allylic oxidation sites excluding steroid dienone is 1. The summed E-state index contributed by atoms with van der Waals surface area (Å²) in [6, 6.07) is 6.18. The van der Waals surface area contributed by atoms with Gasteiger partial charge in [0.15, 0.2) is 0 Å². The second kappa shape index (κ2) is 11.0. The number of hydrogen-bond donors (Lipinski definition) is 3. The first-order chi connectivity index (χ1) is 13.5. The Balaban J connectivity index is 0.00000300. The number of nitrogens with one attached hydrogen (secondary N) is 2. The summed E-state index contributed by atoms with van der Waals surface area (Å²) in [6.07, 6.45) is 7.25. The number of benzene rings is 1. The zero-order valence-corrected chi connectivity index (χ0v) is 17.1. The van der Waals surface area contributed by atoms with Crippen LogP contribution >= 0.6 is 12.4 Å². The molecular formula is C21H28ClN3O4. The van der Waals surface area contributed by atoms with Gasteiger partial charge in [-0.1, -0.05) is 12.1 Å². The van der Waals surface area contributed by atoms with Crippen LogP contribution in [0.15, 0.2) is 36.4 Å². The molecule has 2 aliphatic rings. The Morgan fingerprint density at radius 2 is 1.93 bits per heavy atom. The Hall–Kier alpha value is -2.38. The van der Waals surface area contributed by atoms with Crippen LogP contribution in [0.5, 0.6) is 0 Å². The third-order valence-electron chi connectivity index (χ3n) is 5.38. The summed E-state index contributed by atoms with van der Waals surface area (Å²) >= 11 is 0. The summed E-state index contributed by atoms with van der Waals surface area (Å²) < 4.78 is 0. The van der Waals surface area contributed by atoms with Gasteiger partial charge in [0.05, 0.1) is 11.5 Å². The van der Waals surface area contributed by atoms with Crippen LogP contribution in [0.25, 0.3) is 0 Å². The Labute approximate surface area is 176 Å². The summed E-state index contributed by atoms with van der Waals surface area (Å²) in [4.78, 5) is 37.9. The van der Waals surface area contributed by atoms with E-state index in [1.807, 2.05) is 6.08 Å². The number of likely N-dealkylation sites (tertiary alicyclic amines) is 1. The molecule has 0 spiro atoms. The third-order valence-corrected chi connectivity index (χ3v) is 5.38. The van der Waals surface area contributed by atoms with Crippen molar-refractivity contribution in [2.45, 2.75) is 25.7 Å². The molecule has 1 aromatic carbocycles. The monoisotopic (exact) mass is 421 g/mol. The summed E-state index contributed by atoms with van der Waals surface area (Å²) in [5.74, 6) is -1.11. The molecule has 1 aromatic rings. The first-order valence-electron chi connectivity index (χ1n) is 9.85. The Morgan fingerprint density at radius 1 is 1.17 bits per heavy atom. The lowest BCUT2D eigenvalue weighted by Gasteiger charge is -2.31. The Bertz CT molecular complexity index is 762. The molecule has 0 unspecified atom stereocenters. The molecule has 0 aromatic heterocycles. The maximum atomic E-state index is 12.6. The van der Waals surface area contributed by atoms with Crippen molar-refractivity contribution in [1.29, 1.82) is 0 Å². The van der Waals surface area contributed by atoms with E-state index in [-0.39, 0.29) is 35.7 Å². The van der Waals surface area contributed by atoms with Crippen molar-refractivity contribution in [3.8, 4) is 0 Å². The second-order valence-electron chi connectivity index (χ2n) is 7.45. The van der Waals surface area contributed by atoms with Gasteiger partial charge in [0.25, 0.3) is 0 Å². The molecular weight excluding hydrogens is 394 g/mol. The van der Waals surface area contributed by atoms with Crippen molar-refractivity contribution in [3.05, 3.63) is 42.0 Å². The molecule has 0 radical (unpaired) electrons. The Kier molecular flexibility index (Phi) is 8.67. The first-order valence-corrected chi connectivity index (χ1v) is 9.85. The average Bonchev–Trinajstić information content (AvgIpc) is 2.73. The minimum atomic E-state index is -1.04. The fourth-order valence-electron chi connectivity index (χ4n) is 3.73. The molecule has 158 valence electrons. The van der Waals surface area contributed by atoms with Crippen LogP contribution < -0.4 is 10.6 Å². The van der Waals surface area contributed by atoms with Gasteiger partial charge >= 0.3 is 5.97 Å². The largest absolute Gasteiger partial charge is 0.478 e. The number of nitrogens with zero attached hydrogens (tertiary/aromatic N) is 1. The molecule has 3 N–H and O–H groups in total. The van der Waals surface area contributed by atoms with Gasteiger partial charge in [-0.15, -0.1) is 12.4 Å². The van der Waals surface area contributed by atoms with Crippen LogP contribution in [0.2, 0.25) is 0 Å². The van der Waals surface area contributed by atoms with E-state index in [1.165, 1.54) is 12.1 Å². The van der Waals surface area contributed by atoms with Gasteiger partial charge in [-0.2, -0.15) is 0 Å². The normalized spacial score (nSPS) is 20.1. The number of hydrogen-bond acceptors (Lipinski definition) is 4. The molecule has 2 aliphatic heterocycles. The number of amides is 2. The number of carbonyl (C=O) groups is 3.